The number of methoxy groups -OCH3 is 1. The summed E-state index contributed by atoms with van der Waals surface area (Å²) in [5, 5.41) is 5.05. The molecule has 0 fully saturated rings. The molecule has 0 unspecified atom stereocenters. The molecule has 0 aliphatic carbocycles. The van der Waals surface area contributed by atoms with Crippen LogP contribution in [0.3, 0.4) is 0 Å². The molecule has 0 saturated carbocycles. The number of nitrogens with two attached hydrogens (primary N) is 1. The Balaban J connectivity index is 0.00000220. The minimum atomic E-state index is -3.87. The first-order valence-corrected chi connectivity index (χ1v) is 9.71. The third kappa shape index (κ3) is 4.27. The van der Waals surface area contributed by atoms with E-state index >= 15 is 0 Å². The van der Waals surface area contributed by atoms with Gasteiger partial charge < -0.3 is 6.16 Å². The third-order valence-corrected chi connectivity index (χ3v) is 8.04. The van der Waals surface area contributed by atoms with Crippen LogP contribution in [0.2, 0.25) is 0 Å². The van der Waals surface area contributed by atoms with E-state index in [9.17, 15) is 16.8 Å². The van der Waals surface area contributed by atoms with Gasteiger partial charge in [-0.2, -0.15) is 4.31 Å². The largest absolute Gasteiger partial charge is 1.00 e. The van der Waals surface area contributed by atoms with Gasteiger partial charge >= 0.3 is 29.6 Å². The van der Waals surface area contributed by atoms with Crippen molar-refractivity contribution in [3.05, 3.63) is 11.6 Å². The van der Waals surface area contributed by atoms with Crippen LogP contribution in [0.25, 0.3) is 0 Å². The van der Waals surface area contributed by atoms with E-state index in [4.69, 9.17) is 9.88 Å². The Morgan fingerprint density at radius 1 is 1.52 bits per heavy atom. The third-order valence-electron chi connectivity index (χ3n) is 2.99. The molecule has 1 aliphatic rings. The van der Waals surface area contributed by atoms with Crippen molar-refractivity contribution in [2.75, 3.05) is 26.8 Å². The molecule has 0 saturated heterocycles. The van der Waals surface area contributed by atoms with Crippen molar-refractivity contribution in [1.29, 1.82) is 0 Å². The number of primary sulfonamides is 1. The van der Waals surface area contributed by atoms with Crippen LogP contribution in [0.4, 0.5) is 0 Å². The average Bonchev–Trinajstić information content (AvgIpc) is 2.77. The minimum Gasteiger partial charge on any atom is -1.00 e. The molecule has 2 heterocycles. The fourth-order valence-corrected chi connectivity index (χ4v) is 6.31. The molecule has 1 aromatic rings. The normalized spacial score (nSPS) is 18.0. The minimum absolute atomic E-state index is 0. The van der Waals surface area contributed by atoms with Gasteiger partial charge in [-0.05, 0) is 24.5 Å². The molecule has 1 aliphatic heterocycles. The van der Waals surface area contributed by atoms with Gasteiger partial charge in [0.2, 0.25) is 10.0 Å². The number of sulfonamides is 2. The van der Waals surface area contributed by atoms with Gasteiger partial charge in [-0.3, -0.25) is 0 Å². The maximum Gasteiger partial charge on any atom is 1.00 e. The number of hydrogen-bond donors (Lipinski definition) is 1. The molecule has 21 heavy (non-hydrogen) atoms. The van der Waals surface area contributed by atoms with E-state index in [1.54, 1.807) is 7.11 Å². The molecular weight excluding hydrogens is 347 g/mol. The summed E-state index contributed by atoms with van der Waals surface area (Å²) >= 11 is 0.718. The van der Waals surface area contributed by atoms with Crippen LogP contribution in [-0.2, 0) is 31.2 Å². The maximum atomic E-state index is 12.4. The number of rotatable bonds is 5. The van der Waals surface area contributed by atoms with E-state index in [-0.39, 0.29) is 39.4 Å². The van der Waals surface area contributed by atoms with E-state index in [1.807, 2.05) is 0 Å². The van der Waals surface area contributed by atoms with E-state index in [0.717, 1.165) is 11.3 Å². The molecule has 0 radical (unpaired) electrons. The first-order valence-electron chi connectivity index (χ1n) is 5.91. The first-order chi connectivity index (χ1) is 9.26. The van der Waals surface area contributed by atoms with Crippen LogP contribution in [0.1, 0.15) is 13.4 Å². The van der Waals surface area contributed by atoms with Crippen molar-refractivity contribution < 1.29 is 52.6 Å². The molecule has 0 aromatic carbocycles. The van der Waals surface area contributed by atoms with Gasteiger partial charge in [-0.15, -0.1) is 11.3 Å². The summed E-state index contributed by atoms with van der Waals surface area (Å²) < 4.78 is 53.7. The summed E-state index contributed by atoms with van der Waals surface area (Å²) in [6.07, 6.45) is 1.09. The SMILES string of the molecule is COCCCN1CCc2cc(S(N)(=O)=O)sc2S1(=O)=O.[H-].[Na+]. The Morgan fingerprint density at radius 2 is 2.19 bits per heavy atom. The molecule has 11 heteroatoms. The zero-order chi connectivity index (χ0) is 15.0. The van der Waals surface area contributed by atoms with E-state index < -0.39 is 20.0 Å². The van der Waals surface area contributed by atoms with E-state index in [2.05, 4.69) is 0 Å². The van der Waals surface area contributed by atoms with Gasteiger partial charge in [0, 0.05) is 26.8 Å². The van der Waals surface area contributed by atoms with E-state index in [1.165, 1.54) is 10.4 Å². The van der Waals surface area contributed by atoms with Crippen molar-refractivity contribution in [2.24, 2.45) is 5.14 Å². The Morgan fingerprint density at radius 3 is 2.76 bits per heavy atom. The van der Waals surface area contributed by atoms with Crippen molar-refractivity contribution in [2.45, 2.75) is 21.3 Å². The van der Waals surface area contributed by atoms with E-state index in [0.29, 0.717) is 38.1 Å². The van der Waals surface area contributed by atoms with Gasteiger partial charge in [0.05, 0.1) is 0 Å². The monoisotopic (exact) mass is 364 g/mol. The van der Waals surface area contributed by atoms with Gasteiger partial charge in [0.1, 0.15) is 8.42 Å². The number of hydrogen-bond acceptors (Lipinski definition) is 6. The molecule has 1 aromatic heterocycles. The molecule has 2 rings (SSSR count). The molecule has 0 atom stereocenters. The summed E-state index contributed by atoms with van der Waals surface area (Å²) in [5.74, 6) is 0. The van der Waals surface area contributed by atoms with Crippen LogP contribution >= 0.6 is 11.3 Å². The summed E-state index contributed by atoms with van der Waals surface area (Å²) in [6, 6.07) is 1.36. The number of nitrogens with zero attached hydrogens (tertiary/aromatic N) is 1. The standard InChI is InChI=1S/C10H16N2O5S3.Na.H/c1-17-6-2-4-12-5-3-8-7-9(19(11,13)14)18-10(8)20(12,15)16;;/h7H,2-6H2,1H3,(H2,11,13,14);;/q;+1;-1. The Hall–Kier alpha value is 0.480. The molecule has 7 nitrogen and oxygen atoms in total. The molecule has 0 bridgehead atoms. The number of fused-ring (bicyclic) bond motifs is 1. The van der Waals surface area contributed by atoms with Crippen molar-refractivity contribution in [1.82, 2.24) is 4.31 Å². The number of ether oxygens (including phenoxy) is 1. The summed E-state index contributed by atoms with van der Waals surface area (Å²) in [7, 11) is -5.94. The topological polar surface area (TPSA) is 107 Å². The molecule has 2 N–H and O–H groups in total. The fourth-order valence-electron chi connectivity index (χ4n) is 2.02. The average molecular weight is 364 g/mol. The Bertz CT molecular complexity index is 704. The van der Waals surface area contributed by atoms with Crippen molar-refractivity contribution in [3.8, 4) is 0 Å². The van der Waals surface area contributed by atoms with Crippen LogP contribution in [-0.4, -0.2) is 47.9 Å². The van der Waals surface area contributed by atoms with Crippen molar-refractivity contribution in [3.63, 3.8) is 0 Å². The second-order valence-corrected chi connectivity index (χ2v) is 9.40. The summed E-state index contributed by atoms with van der Waals surface area (Å²) in [6.45, 7) is 1.18. The van der Waals surface area contributed by atoms with Gasteiger partial charge in [0.25, 0.3) is 10.0 Å². The zero-order valence-electron chi connectivity index (χ0n) is 12.9. The summed E-state index contributed by atoms with van der Waals surface area (Å²) in [4.78, 5) is 0. The second-order valence-electron chi connectivity index (χ2n) is 4.42. The quantitative estimate of drug-likeness (QED) is 0.445. The number of thiophene rings is 1. The van der Waals surface area contributed by atoms with Crippen LogP contribution in [0.15, 0.2) is 14.5 Å². The fraction of sp³-hybridized carbons (Fsp3) is 0.600. The smallest absolute Gasteiger partial charge is 1.00 e. The van der Waals surface area contributed by atoms with Crippen LogP contribution < -0.4 is 34.7 Å². The molecular formula is C10H17N2NaO5S3. The van der Waals surface area contributed by atoms with Gasteiger partial charge in [-0.25, -0.2) is 22.0 Å². The van der Waals surface area contributed by atoms with Crippen LogP contribution in [0, 0.1) is 0 Å². The van der Waals surface area contributed by atoms with Crippen LogP contribution in [0.5, 0.6) is 0 Å². The molecule has 0 amide bonds. The predicted octanol–water partition coefficient (Wildman–Crippen LogP) is -2.90. The summed E-state index contributed by atoms with van der Waals surface area (Å²) in [5.41, 5.74) is 0.530. The Kier molecular flexibility index (Phi) is 6.85. The predicted molar refractivity (Wildman–Crippen MR) is 75.8 cm³/mol. The first kappa shape index (κ1) is 19.5. The van der Waals surface area contributed by atoms with Gasteiger partial charge in [0.15, 0.2) is 0 Å². The van der Waals surface area contributed by atoms with Crippen molar-refractivity contribution >= 4 is 31.4 Å². The van der Waals surface area contributed by atoms with Gasteiger partial charge in [-0.1, -0.05) is 0 Å². The zero-order valence-corrected chi connectivity index (χ0v) is 16.4. The molecule has 116 valence electrons. The maximum absolute atomic E-state index is 12.4. The second kappa shape index (κ2) is 7.37. The molecule has 0 spiro atoms. The Labute approximate surface area is 152 Å².